The third-order valence-corrected chi connectivity index (χ3v) is 8.05. The number of aromatic hydroxyl groups is 1. The fourth-order valence-corrected chi connectivity index (χ4v) is 6.30. The van der Waals surface area contributed by atoms with Crippen molar-refractivity contribution >= 4 is 23.5 Å². The molecule has 2 heterocycles. The Hall–Kier alpha value is -3.18. The van der Waals surface area contributed by atoms with E-state index in [0.717, 1.165) is 35.1 Å². The number of phenols is 1. The molecule has 0 aromatic heterocycles. The van der Waals surface area contributed by atoms with E-state index < -0.39 is 0 Å². The van der Waals surface area contributed by atoms with Crippen molar-refractivity contribution in [1.82, 2.24) is 4.90 Å². The number of allylic oxidation sites excluding steroid dienone is 2. The lowest BCUT2D eigenvalue weighted by atomic mass is 9.70. The van der Waals surface area contributed by atoms with Crippen LogP contribution >= 0.6 is 0 Å². The molecule has 2 fully saturated rings. The number of ether oxygens (including phenoxy) is 1. The van der Waals surface area contributed by atoms with Gasteiger partial charge < -0.3 is 9.84 Å². The van der Waals surface area contributed by atoms with Crippen LogP contribution in [-0.2, 0) is 14.3 Å². The van der Waals surface area contributed by atoms with E-state index in [0.29, 0.717) is 18.8 Å². The molecule has 1 N–H and O–H groups in total. The van der Waals surface area contributed by atoms with Crippen LogP contribution in [0, 0.1) is 31.6 Å². The number of rotatable bonds is 5. The standard InChI is InChI=1S/C30H33NO4/c1-17-14-23-27(30(34)31(4)29(23)33)24-16-35-25(26(17)24)11-10-22(21-8-6-5-7-9-21)15-20-12-18(2)28(32)19(3)13-20/h5-9,12-13,15,23-25,27,32H,10-11,14,16H2,1-4H3/b22-15-/t23-,24+,25-,27-/m1/s1. The number of hydrogen-bond donors (Lipinski definition) is 1. The highest BCUT2D eigenvalue weighted by Crippen LogP contribution is 2.49. The zero-order valence-corrected chi connectivity index (χ0v) is 20.9. The maximum atomic E-state index is 12.8. The summed E-state index contributed by atoms with van der Waals surface area (Å²) in [5, 5.41) is 10.2. The van der Waals surface area contributed by atoms with Crippen LogP contribution in [0.15, 0.2) is 53.6 Å². The summed E-state index contributed by atoms with van der Waals surface area (Å²) in [5.74, 6) is -0.255. The van der Waals surface area contributed by atoms with Crippen LogP contribution in [0.1, 0.15) is 48.4 Å². The fraction of sp³-hybridized carbons (Fsp3) is 0.400. The first-order chi connectivity index (χ1) is 16.8. The molecule has 3 aliphatic rings. The highest BCUT2D eigenvalue weighted by atomic mass is 16.5. The second kappa shape index (κ2) is 9.12. The van der Waals surface area contributed by atoms with Crippen molar-refractivity contribution in [2.45, 2.75) is 46.1 Å². The van der Waals surface area contributed by atoms with E-state index in [1.54, 1.807) is 7.05 Å². The van der Waals surface area contributed by atoms with E-state index in [1.165, 1.54) is 21.6 Å². The molecule has 2 saturated heterocycles. The summed E-state index contributed by atoms with van der Waals surface area (Å²) in [7, 11) is 1.61. The Morgan fingerprint density at radius 1 is 1.06 bits per heavy atom. The Bertz CT molecular complexity index is 1220. The molecule has 2 amide bonds. The molecular weight excluding hydrogens is 438 g/mol. The van der Waals surface area contributed by atoms with Gasteiger partial charge in [0.15, 0.2) is 0 Å². The zero-order chi connectivity index (χ0) is 24.9. The molecule has 2 aliphatic heterocycles. The maximum Gasteiger partial charge on any atom is 0.233 e. The number of likely N-dealkylation sites (tertiary alicyclic amines) is 1. The summed E-state index contributed by atoms with van der Waals surface area (Å²) in [6.07, 6.45) is 4.45. The van der Waals surface area contributed by atoms with Gasteiger partial charge in [-0.2, -0.15) is 0 Å². The Balaban J connectivity index is 1.41. The van der Waals surface area contributed by atoms with Crippen LogP contribution < -0.4 is 0 Å². The minimum atomic E-state index is -0.275. The van der Waals surface area contributed by atoms with Gasteiger partial charge in [-0.1, -0.05) is 42.0 Å². The van der Waals surface area contributed by atoms with Crippen LogP contribution in [0.5, 0.6) is 5.75 Å². The van der Waals surface area contributed by atoms with Gasteiger partial charge in [0.25, 0.3) is 0 Å². The van der Waals surface area contributed by atoms with Crippen LogP contribution in [0.4, 0.5) is 0 Å². The number of imide groups is 1. The van der Waals surface area contributed by atoms with E-state index >= 15 is 0 Å². The maximum absolute atomic E-state index is 12.8. The van der Waals surface area contributed by atoms with E-state index in [1.807, 2.05) is 44.2 Å². The topological polar surface area (TPSA) is 66.8 Å². The minimum absolute atomic E-state index is 0.00621. The summed E-state index contributed by atoms with van der Waals surface area (Å²) < 4.78 is 6.29. The van der Waals surface area contributed by atoms with Crippen LogP contribution in [0.3, 0.4) is 0 Å². The minimum Gasteiger partial charge on any atom is -0.507 e. The number of amides is 2. The number of phenolic OH excluding ortho intramolecular Hbond substituents is 1. The van der Waals surface area contributed by atoms with Gasteiger partial charge in [-0.3, -0.25) is 14.5 Å². The number of carbonyl (C=O) groups is 2. The molecule has 0 unspecified atom stereocenters. The predicted octanol–water partition coefficient (Wildman–Crippen LogP) is 5.30. The normalized spacial score (nSPS) is 26.4. The zero-order valence-electron chi connectivity index (χ0n) is 20.9. The lowest BCUT2D eigenvalue weighted by Gasteiger charge is -2.30. The van der Waals surface area contributed by atoms with E-state index in [-0.39, 0.29) is 35.7 Å². The van der Waals surface area contributed by atoms with Gasteiger partial charge in [0, 0.05) is 13.0 Å². The smallest absolute Gasteiger partial charge is 0.233 e. The van der Waals surface area contributed by atoms with Crippen molar-refractivity contribution in [3.63, 3.8) is 0 Å². The van der Waals surface area contributed by atoms with Crippen molar-refractivity contribution in [2.24, 2.45) is 17.8 Å². The van der Waals surface area contributed by atoms with Gasteiger partial charge in [0.2, 0.25) is 11.8 Å². The van der Waals surface area contributed by atoms with Crippen molar-refractivity contribution in [1.29, 1.82) is 0 Å². The predicted molar refractivity (Wildman–Crippen MR) is 136 cm³/mol. The Kier molecular flexibility index (Phi) is 6.14. The largest absolute Gasteiger partial charge is 0.507 e. The summed E-state index contributed by atoms with van der Waals surface area (Å²) in [5.41, 5.74) is 7.62. The fourth-order valence-electron chi connectivity index (χ4n) is 6.30. The van der Waals surface area contributed by atoms with Crippen LogP contribution in [0.25, 0.3) is 11.6 Å². The molecule has 4 atom stereocenters. The SMILES string of the molecule is CC1=C2[C@@H](CC/C(=C/c3cc(C)c(O)c(C)c3)c3ccccc3)OC[C@@H]2[C@@H]2C(=O)N(C)C(=O)[C@@H]2C1. The molecule has 182 valence electrons. The van der Waals surface area contributed by atoms with E-state index in [9.17, 15) is 14.7 Å². The van der Waals surface area contributed by atoms with E-state index in [4.69, 9.17) is 4.74 Å². The first-order valence-electron chi connectivity index (χ1n) is 12.4. The first kappa shape index (κ1) is 23.6. The second-order valence-electron chi connectivity index (χ2n) is 10.3. The molecule has 5 heteroatoms. The van der Waals surface area contributed by atoms with E-state index in [2.05, 4.69) is 25.1 Å². The number of carbonyl (C=O) groups excluding carboxylic acids is 2. The molecule has 0 saturated carbocycles. The van der Waals surface area contributed by atoms with Gasteiger partial charge in [-0.15, -0.1) is 0 Å². The number of aryl methyl sites for hydroxylation is 2. The molecule has 0 bridgehead atoms. The lowest BCUT2D eigenvalue weighted by molar-refractivity contribution is -0.138. The number of fused-ring (bicyclic) bond motifs is 3. The quantitative estimate of drug-likeness (QED) is 0.365. The summed E-state index contributed by atoms with van der Waals surface area (Å²) in [6, 6.07) is 14.4. The van der Waals surface area contributed by atoms with Crippen molar-refractivity contribution in [2.75, 3.05) is 13.7 Å². The van der Waals surface area contributed by atoms with Crippen LogP contribution in [-0.4, -0.2) is 41.6 Å². The molecule has 0 spiro atoms. The molecule has 5 rings (SSSR count). The van der Waals surface area contributed by atoms with Crippen LogP contribution in [0.2, 0.25) is 0 Å². The highest BCUT2D eigenvalue weighted by Gasteiger charge is 2.55. The lowest BCUT2D eigenvalue weighted by Crippen LogP contribution is -2.33. The molecule has 5 nitrogen and oxygen atoms in total. The van der Waals surface area contributed by atoms with Crippen molar-refractivity contribution < 1.29 is 19.4 Å². The summed E-state index contributed by atoms with van der Waals surface area (Å²) in [6.45, 7) is 6.46. The monoisotopic (exact) mass is 471 g/mol. The molecule has 0 radical (unpaired) electrons. The number of hydrogen-bond acceptors (Lipinski definition) is 4. The molecule has 2 aromatic carbocycles. The number of benzene rings is 2. The van der Waals surface area contributed by atoms with Gasteiger partial charge >= 0.3 is 0 Å². The van der Waals surface area contributed by atoms with Gasteiger partial charge in [-0.25, -0.2) is 0 Å². The summed E-state index contributed by atoms with van der Waals surface area (Å²) in [4.78, 5) is 26.8. The average molecular weight is 472 g/mol. The Morgan fingerprint density at radius 2 is 1.74 bits per heavy atom. The Morgan fingerprint density at radius 3 is 2.43 bits per heavy atom. The number of nitrogens with zero attached hydrogens (tertiary/aromatic N) is 1. The third kappa shape index (κ3) is 4.12. The molecule has 35 heavy (non-hydrogen) atoms. The third-order valence-electron chi connectivity index (χ3n) is 8.05. The highest BCUT2D eigenvalue weighted by molar-refractivity contribution is 6.05. The molecule has 1 aliphatic carbocycles. The van der Waals surface area contributed by atoms with Gasteiger partial charge in [-0.05, 0) is 85.6 Å². The van der Waals surface area contributed by atoms with Gasteiger partial charge in [0.05, 0.1) is 24.5 Å². The summed E-state index contributed by atoms with van der Waals surface area (Å²) >= 11 is 0. The van der Waals surface area contributed by atoms with Gasteiger partial charge in [0.1, 0.15) is 5.75 Å². The first-order valence-corrected chi connectivity index (χ1v) is 12.4. The van der Waals surface area contributed by atoms with Crippen molar-refractivity contribution in [3.05, 3.63) is 75.9 Å². The molecule has 2 aromatic rings. The van der Waals surface area contributed by atoms with Crippen molar-refractivity contribution in [3.8, 4) is 5.75 Å². The average Bonchev–Trinajstić information content (AvgIpc) is 3.36. The molecular formula is C30H33NO4. The Labute approximate surface area is 207 Å². The second-order valence-corrected chi connectivity index (χ2v) is 10.3.